The van der Waals surface area contributed by atoms with Crippen LogP contribution in [0.4, 0.5) is 10.5 Å². The number of aryl methyl sites for hydroxylation is 2. The number of carbonyl (C=O) groups excluding carboxylic acids is 1. The number of hydrogen-bond acceptors (Lipinski definition) is 2. The predicted octanol–water partition coefficient (Wildman–Crippen LogP) is 4.68. The number of ether oxygens (including phenoxy) is 1. The average Bonchev–Trinajstić information content (AvgIpc) is 2.98. The van der Waals surface area contributed by atoms with Crippen molar-refractivity contribution in [3.8, 4) is 5.75 Å². The van der Waals surface area contributed by atoms with Crippen molar-refractivity contribution in [3.63, 3.8) is 0 Å². The molecule has 0 heterocycles. The molecule has 0 radical (unpaired) electrons. The van der Waals surface area contributed by atoms with Crippen molar-refractivity contribution in [2.75, 3.05) is 18.5 Å². The van der Waals surface area contributed by atoms with Crippen molar-refractivity contribution in [2.24, 2.45) is 0 Å². The maximum atomic E-state index is 11.8. The van der Waals surface area contributed by atoms with Gasteiger partial charge in [0.25, 0.3) is 0 Å². The first kappa shape index (κ1) is 16.9. The maximum Gasteiger partial charge on any atom is 0.319 e. The van der Waals surface area contributed by atoms with Gasteiger partial charge < -0.3 is 15.4 Å². The standard InChI is InChI=1S/C18H18Cl2N2O2/c19-14-9-15(20)11-16(10-14)22-18(23)21-6-7-24-17-5-4-12-2-1-3-13(12)8-17/h4-5,8-11H,1-3,6-7H2,(H2,21,22,23). The Kier molecular flexibility index (Phi) is 5.48. The quantitative estimate of drug-likeness (QED) is 0.756. The summed E-state index contributed by atoms with van der Waals surface area (Å²) >= 11 is 11.8. The molecular weight excluding hydrogens is 347 g/mol. The van der Waals surface area contributed by atoms with Gasteiger partial charge in [-0.2, -0.15) is 0 Å². The predicted molar refractivity (Wildman–Crippen MR) is 97.4 cm³/mol. The Morgan fingerprint density at radius 2 is 1.79 bits per heavy atom. The van der Waals surface area contributed by atoms with E-state index in [1.807, 2.05) is 6.07 Å². The molecule has 2 aromatic carbocycles. The average molecular weight is 365 g/mol. The fourth-order valence-electron chi connectivity index (χ4n) is 2.77. The van der Waals surface area contributed by atoms with Crippen molar-refractivity contribution >= 4 is 34.9 Å². The molecule has 0 saturated heterocycles. The number of hydrogen-bond donors (Lipinski definition) is 2. The Labute approximate surface area is 151 Å². The highest BCUT2D eigenvalue weighted by Crippen LogP contribution is 2.26. The number of anilines is 1. The van der Waals surface area contributed by atoms with Gasteiger partial charge in [-0.15, -0.1) is 0 Å². The molecule has 1 aliphatic rings. The van der Waals surface area contributed by atoms with Crippen LogP contribution in [0.1, 0.15) is 17.5 Å². The SMILES string of the molecule is O=C(NCCOc1ccc2c(c1)CCC2)Nc1cc(Cl)cc(Cl)c1. The normalized spacial score (nSPS) is 12.6. The molecule has 0 fully saturated rings. The molecule has 1 aliphatic carbocycles. The van der Waals surface area contributed by atoms with E-state index in [2.05, 4.69) is 22.8 Å². The number of fused-ring (bicyclic) bond motifs is 1. The molecule has 2 amide bonds. The molecule has 2 aromatic rings. The first-order valence-electron chi connectivity index (χ1n) is 7.86. The third-order valence-corrected chi connectivity index (χ3v) is 4.28. The van der Waals surface area contributed by atoms with E-state index in [4.69, 9.17) is 27.9 Å². The van der Waals surface area contributed by atoms with Gasteiger partial charge in [0.2, 0.25) is 0 Å². The minimum absolute atomic E-state index is 0.328. The van der Waals surface area contributed by atoms with E-state index in [0.717, 1.165) is 18.6 Å². The molecule has 0 atom stereocenters. The Morgan fingerprint density at radius 1 is 1.04 bits per heavy atom. The zero-order valence-electron chi connectivity index (χ0n) is 13.1. The smallest absolute Gasteiger partial charge is 0.319 e. The highest BCUT2D eigenvalue weighted by molar-refractivity contribution is 6.35. The summed E-state index contributed by atoms with van der Waals surface area (Å²) in [5.74, 6) is 0.847. The fourth-order valence-corrected chi connectivity index (χ4v) is 3.30. The van der Waals surface area contributed by atoms with Crippen molar-refractivity contribution in [2.45, 2.75) is 19.3 Å². The topological polar surface area (TPSA) is 50.4 Å². The van der Waals surface area contributed by atoms with Crippen LogP contribution in [0.2, 0.25) is 10.0 Å². The van der Waals surface area contributed by atoms with Gasteiger partial charge in [-0.3, -0.25) is 0 Å². The number of carbonyl (C=O) groups is 1. The lowest BCUT2D eigenvalue weighted by Gasteiger charge is -2.10. The van der Waals surface area contributed by atoms with Crippen molar-refractivity contribution < 1.29 is 9.53 Å². The van der Waals surface area contributed by atoms with Crippen LogP contribution in [0.5, 0.6) is 5.75 Å². The largest absolute Gasteiger partial charge is 0.492 e. The molecule has 0 saturated carbocycles. The summed E-state index contributed by atoms with van der Waals surface area (Å²) < 4.78 is 5.69. The number of halogens is 2. The Balaban J connectivity index is 1.42. The molecule has 126 valence electrons. The second-order valence-electron chi connectivity index (χ2n) is 5.67. The molecular formula is C18H18Cl2N2O2. The summed E-state index contributed by atoms with van der Waals surface area (Å²) in [7, 11) is 0. The minimum Gasteiger partial charge on any atom is -0.492 e. The summed E-state index contributed by atoms with van der Waals surface area (Å²) in [6, 6.07) is 10.7. The zero-order chi connectivity index (χ0) is 16.9. The van der Waals surface area contributed by atoms with Gasteiger partial charge in [0.05, 0.1) is 6.54 Å². The molecule has 6 heteroatoms. The number of amides is 2. The van der Waals surface area contributed by atoms with E-state index in [1.165, 1.54) is 17.5 Å². The minimum atomic E-state index is -0.328. The zero-order valence-corrected chi connectivity index (χ0v) is 14.6. The van der Waals surface area contributed by atoms with E-state index in [-0.39, 0.29) is 6.03 Å². The summed E-state index contributed by atoms with van der Waals surface area (Å²) in [6.07, 6.45) is 3.49. The molecule has 0 bridgehead atoms. The molecule has 0 aliphatic heterocycles. The summed E-state index contributed by atoms with van der Waals surface area (Å²) in [4.78, 5) is 11.8. The van der Waals surface area contributed by atoms with Gasteiger partial charge in [0, 0.05) is 15.7 Å². The highest BCUT2D eigenvalue weighted by Gasteiger charge is 2.11. The molecule has 24 heavy (non-hydrogen) atoms. The van der Waals surface area contributed by atoms with E-state index in [9.17, 15) is 4.79 Å². The number of benzene rings is 2. The second-order valence-corrected chi connectivity index (χ2v) is 6.54. The van der Waals surface area contributed by atoms with E-state index in [0.29, 0.717) is 28.9 Å². The van der Waals surface area contributed by atoms with Gasteiger partial charge in [0.1, 0.15) is 12.4 Å². The van der Waals surface area contributed by atoms with Gasteiger partial charge in [0.15, 0.2) is 0 Å². The van der Waals surface area contributed by atoms with Crippen molar-refractivity contribution in [1.29, 1.82) is 0 Å². The molecule has 4 nitrogen and oxygen atoms in total. The summed E-state index contributed by atoms with van der Waals surface area (Å²) in [5.41, 5.74) is 3.33. The molecule has 0 spiro atoms. The first-order chi connectivity index (χ1) is 11.6. The van der Waals surface area contributed by atoms with Crippen LogP contribution < -0.4 is 15.4 Å². The number of rotatable bonds is 5. The Morgan fingerprint density at radius 3 is 2.58 bits per heavy atom. The lowest BCUT2D eigenvalue weighted by atomic mass is 10.1. The fraction of sp³-hybridized carbons (Fsp3) is 0.278. The Hall–Kier alpha value is -1.91. The highest BCUT2D eigenvalue weighted by atomic mass is 35.5. The van der Waals surface area contributed by atoms with Crippen LogP contribution in [-0.4, -0.2) is 19.2 Å². The second kappa shape index (κ2) is 7.77. The van der Waals surface area contributed by atoms with Crippen molar-refractivity contribution in [1.82, 2.24) is 5.32 Å². The monoisotopic (exact) mass is 364 g/mol. The van der Waals surface area contributed by atoms with Crippen molar-refractivity contribution in [3.05, 3.63) is 57.6 Å². The van der Waals surface area contributed by atoms with Crippen LogP contribution in [0.15, 0.2) is 36.4 Å². The molecule has 2 N–H and O–H groups in total. The third-order valence-electron chi connectivity index (χ3n) is 3.85. The van der Waals surface area contributed by atoms with Crippen LogP contribution in [0.3, 0.4) is 0 Å². The van der Waals surface area contributed by atoms with Crippen LogP contribution in [0, 0.1) is 0 Å². The first-order valence-corrected chi connectivity index (χ1v) is 8.61. The van der Waals surface area contributed by atoms with Crippen LogP contribution >= 0.6 is 23.2 Å². The lowest BCUT2D eigenvalue weighted by Crippen LogP contribution is -2.32. The summed E-state index contributed by atoms with van der Waals surface area (Å²) in [6.45, 7) is 0.805. The van der Waals surface area contributed by atoms with E-state index >= 15 is 0 Å². The molecule has 3 rings (SSSR count). The van der Waals surface area contributed by atoms with Gasteiger partial charge in [-0.05, 0) is 60.7 Å². The lowest BCUT2D eigenvalue weighted by molar-refractivity contribution is 0.247. The number of nitrogens with one attached hydrogen (secondary N) is 2. The van der Waals surface area contributed by atoms with Gasteiger partial charge in [-0.25, -0.2) is 4.79 Å². The van der Waals surface area contributed by atoms with Gasteiger partial charge >= 0.3 is 6.03 Å². The maximum absolute atomic E-state index is 11.8. The Bertz CT molecular complexity index is 730. The van der Waals surface area contributed by atoms with Gasteiger partial charge in [-0.1, -0.05) is 29.3 Å². The summed E-state index contributed by atoms with van der Waals surface area (Å²) in [5, 5.41) is 6.35. The third kappa shape index (κ3) is 4.56. The van der Waals surface area contributed by atoms with Crippen LogP contribution in [0.25, 0.3) is 0 Å². The number of urea groups is 1. The van der Waals surface area contributed by atoms with E-state index in [1.54, 1.807) is 18.2 Å². The molecule has 0 aromatic heterocycles. The van der Waals surface area contributed by atoms with Crippen LogP contribution in [-0.2, 0) is 12.8 Å². The van der Waals surface area contributed by atoms with E-state index < -0.39 is 0 Å². The molecule has 0 unspecified atom stereocenters.